The van der Waals surface area contributed by atoms with E-state index >= 15 is 0 Å². The summed E-state index contributed by atoms with van der Waals surface area (Å²) in [6.45, 7) is 10.6. The van der Waals surface area contributed by atoms with Gasteiger partial charge in [-0.25, -0.2) is 4.79 Å². The molecule has 4 amide bonds. The molecule has 216 valence electrons. The van der Waals surface area contributed by atoms with Crippen molar-refractivity contribution < 1.29 is 33.4 Å². The SMILES string of the molecule is CCCCC(NC(=O)C1(NC(=O)N2CCOCC2)CCCCC1)C(=O)C(=O)NCC1(C)OCC(C)(C)CO1. The third-order valence-corrected chi connectivity index (χ3v) is 7.58. The first kappa shape index (κ1) is 30.3. The second-order valence-electron chi connectivity index (χ2n) is 11.8. The number of nitrogens with one attached hydrogen (secondary N) is 3. The summed E-state index contributed by atoms with van der Waals surface area (Å²) in [5.74, 6) is -2.94. The third-order valence-electron chi connectivity index (χ3n) is 7.58. The van der Waals surface area contributed by atoms with E-state index < -0.39 is 35.0 Å². The third kappa shape index (κ3) is 8.13. The van der Waals surface area contributed by atoms with Crippen molar-refractivity contribution in [3.05, 3.63) is 0 Å². The lowest BCUT2D eigenvalue weighted by molar-refractivity contribution is -0.285. The fourth-order valence-electron chi connectivity index (χ4n) is 4.96. The monoisotopic (exact) mass is 538 g/mol. The van der Waals surface area contributed by atoms with Crippen molar-refractivity contribution in [1.29, 1.82) is 0 Å². The van der Waals surface area contributed by atoms with Gasteiger partial charge in [-0.3, -0.25) is 14.4 Å². The molecule has 0 spiro atoms. The van der Waals surface area contributed by atoms with Gasteiger partial charge in [0.2, 0.25) is 11.7 Å². The van der Waals surface area contributed by atoms with E-state index in [0.717, 1.165) is 25.7 Å². The van der Waals surface area contributed by atoms with E-state index in [1.165, 1.54) is 0 Å². The van der Waals surface area contributed by atoms with E-state index in [2.05, 4.69) is 16.0 Å². The average molecular weight is 539 g/mol. The standard InChI is InChI=1S/C27H46N4O7/c1-5-6-10-20(21(32)22(33)28-17-26(4)37-18-25(2,3)19-38-26)29-23(34)27(11-8-7-9-12-27)30-24(35)31-13-15-36-16-14-31/h20H,5-19H2,1-4H3,(H,28,33)(H,29,34)(H,30,35). The number of morpholine rings is 1. The highest BCUT2D eigenvalue weighted by atomic mass is 16.7. The molecule has 11 heteroatoms. The minimum atomic E-state index is -1.11. The van der Waals surface area contributed by atoms with Gasteiger partial charge < -0.3 is 35.1 Å². The Morgan fingerprint density at radius 1 is 0.947 bits per heavy atom. The highest BCUT2D eigenvalue weighted by Crippen LogP contribution is 2.30. The summed E-state index contributed by atoms with van der Waals surface area (Å²) in [6, 6.07) is -1.29. The number of hydrogen-bond donors (Lipinski definition) is 3. The number of ketones is 1. The van der Waals surface area contributed by atoms with E-state index in [1.807, 2.05) is 20.8 Å². The van der Waals surface area contributed by atoms with Gasteiger partial charge in [-0.05, 0) is 26.2 Å². The molecule has 3 aliphatic rings. The summed E-state index contributed by atoms with van der Waals surface area (Å²) in [5.41, 5.74) is -1.24. The van der Waals surface area contributed by atoms with Crippen LogP contribution in [0.25, 0.3) is 0 Å². The van der Waals surface area contributed by atoms with Crippen molar-refractivity contribution in [3.8, 4) is 0 Å². The van der Waals surface area contributed by atoms with Gasteiger partial charge in [0.25, 0.3) is 5.91 Å². The second kappa shape index (κ2) is 13.2. The van der Waals surface area contributed by atoms with Crippen LogP contribution in [0.2, 0.25) is 0 Å². The van der Waals surface area contributed by atoms with Crippen molar-refractivity contribution in [3.63, 3.8) is 0 Å². The lowest BCUT2D eigenvalue weighted by Gasteiger charge is -2.41. The maximum absolute atomic E-state index is 13.7. The molecule has 0 bridgehead atoms. The molecule has 3 N–H and O–H groups in total. The van der Waals surface area contributed by atoms with Gasteiger partial charge in [-0.1, -0.05) is 52.9 Å². The summed E-state index contributed by atoms with van der Waals surface area (Å²) in [7, 11) is 0. The molecular weight excluding hydrogens is 492 g/mol. The van der Waals surface area contributed by atoms with E-state index in [0.29, 0.717) is 65.2 Å². The summed E-state index contributed by atoms with van der Waals surface area (Å²) >= 11 is 0. The van der Waals surface area contributed by atoms with Gasteiger partial charge in [0.1, 0.15) is 5.54 Å². The Bertz CT molecular complexity index is 840. The van der Waals surface area contributed by atoms with E-state index in [4.69, 9.17) is 14.2 Å². The predicted octanol–water partition coefficient (Wildman–Crippen LogP) is 1.88. The lowest BCUT2D eigenvalue weighted by Crippen LogP contribution is -2.64. The maximum Gasteiger partial charge on any atom is 0.318 e. The summed E-state index contributed by atoms with van der Waals surface area (Å²) in [4.78, 5) is 54.4. The van der Waals surface area contributed by atoms with Gasteiger partial charge >= 0.3 is 6.03 Å². The zero-order valence-electron chi connectivity index (χ0n) is 23.5. The molecule has 11 nitrogen and oxygen atoms in total. The first-order valence-electron chi connectivity index (χ1n) is 14.0. The average Bonchev–Trinajstić information content (AvgIpc) is 2.92. The first-order chi connectivity index (χ1) is 18.0. The van der Waals surface area contributed by atoms with Gasteiger partial charge in [0.15, 0.2) is 5.79 Å². The highest BCUT2D eigenvalue weighted by molar-refractivity contribution is 6.38. The highest BCUT2D eigenvalue weighted by Gasteiger charge is 2.44. The number of carbonyl (C=O) groups is 4. The van der Waals surface area contributed by atoms with E-state index in [1.54, 1.807) is 11.8 Å². The van der Waals surface area contributed by atoms with Crippen molar-refractivity contribution in [2.45, 2.75) is 96.4 Å². The number of carbonyl (C=O) groups excluding carboxylic acids is 4. The van der Waals surface area contributed by atoms with Crippen molar-refractivity contribution in [2.75, 3.05) is 46.1 Å². The zero-order chi connectivity index (χ0) is 27.8. The van der Waals surface area contributed by atoms with Gasteiger partial charge in [0.05, 0.1) is 39.0 Å². The molecule has 2 heterocycles. The van der Waals surface area contributed by atoms with Crippen molar-refractivity contribution >= 4 is 23.6 Å². The number of Topliss-reactive ketones (excluding diaryl/α,β-unsaturated/α-hetero) is 1. The van der Waals surface area contributed by atoms with Crippen LogP contribution in [0.5, 0.6) is 0 Å². The molecular formula is C27H46N4O7. The lowest BCUT2D eigenvalue weighted by atomic mass is 9.80. The molecule has 1 aliphatic carbocycles. The van der Waals surface area contributed by atoms with Crippen LogP contribution in [0, 0.1) is 5.41 Å². The zero-order valence-corrected chi connectivity index (χ0v) is 23.5. The topological polar surface area (TPSA) is 135 Å². The molecule has 0 aromatic carbocycles. The molecule has 3 rings (SSSR count). The van der Waals surface area contributed by atoms with Crippen LogP contribution in [0.15, 0.2) is 0 Å². The summed E-state index contributed by atoms with van der Waals surface area (Å²) in [5, 5.41) is 8.46. The van der Waals surface area contributed by atoms with Crippen LogP contribution in [0.4, 0.5) is 4.79 Å². The van der Waals surface area contributed by atoms with Crippen LogP contribution in [-0.4, -0.2) is 92.0 Å². The molecule has 1 atom stereocenters. The van der Waals surface area contributed by atoms with E-state index in [9.17, 15) is 19.2 Å². The number of rotatable bonds is 10. The number of unbranched alkanes of at least 4 members (excludes halogenated alkanes) is 1. The molecule has 0 aromatic heterocycles. The van der Waals surface area contributed by atoms with Crippen LogP contribution >= 0.6 is 0 Å². The number of hydrogen-bond acceptors (Lipinski definition) is 7. The molecule has 1 saturated carbocycles. The fourth-order valence-corrected chi connectivity index (χ4v) is 4.96. The minimum Gasteiger partial charge on any atom is -0.378 e. The number of ether oxygens (including phenoxy) is 3. The smallest absolute Gasteiger partial charge is 0.318 e. The van der Waals surface area contributed by atoms with Crippen molar-refractivity contribution in [2.24, 2.45) is 5.41 Å². The Morgan fingerprint density at radius 2 is 1.58 bits per heavy atom. The Kier molecular flexibility index (Phi) is 10.5. The maximum atomic E-state index is 13.7. The quantitative estimate of drug-likeness (QED) is 0.362. The largest absolute Gasteiger partial charge is 0.378 e. The molecule has 2 aliphatic heterocycles. The molecule has 2 saturated heterocycles. The molecule has 3 fully saturated rings. The fraction of sp³-hybridized carbons (Fsp3) is 0.852. The van der Waals surface area contributed by atoms with Gasteiger partial charge in [0, 0.05) is 18.5 Å². The van der Waals surface area contributed by atoms with Crippen LogP contribution < -0.4 is 16.0 Å². The Balaban J connectivity index is 1.65. The Labute approximate surface area is 226 Å². The normalized spacial score (nSPS) is 23.1. The van der Waals surface area contributed by atoms with Crippen LogP contribution in [0.3, 0.4) is 0 Å². The molecule has 0 aromatic rings. The molecule has 0 radical (unpaired) electrons. The van der Waals surface area contributed by atoms with Crippen LogP contribution in [-0.2, 0) is 28.6 Å². The Hall–Kier alpha value is -2.24. The Morgan fingerprint density at radius 3 is 2.18 bits per heavy atom. The summed E-state index contributed by atoms with van der Waals surface area (Å²) < 4.78 is 17.0. The minimum absolute atomic E-state index is 0.0155. The van der Waals surface area contributed by atoms with Gasteiger partial charge in [-0.2, -0.15) is 0 Å². The number of urea groups is 1. The van der Waals surface area contributed by atoms with Crippen molar-refractivity contribution in [1.82, 2.24) is 20.9 Å². The summed E-state index contributed by atoms with van der Waals surface area (Å²) in [6.07, 6.45) is 5.33. The van der Waals surface area contributed by atoms with Crippen LogP contribution in [0.1, 0.15) is 79.1 Å². The number of amides is 4. The predicted molar refractivity (Wildman–Crippen MR) is 140 cm³/mol. The van der Waals surface area contributed by atoms with E-state index in [-0.39, 0.29) is 18.0 Å². The second-order valence-corrected chi connectivity index (χ2v) is 11.8. The molecule has 1 unspecified atom stereocenters. The molecule has 38 heavy (non-hydrogen) atoms. The van der Waals surface area contributed by atoms with Gasteiger partial charge in [-0.15, -0.1) is 0 Å². The number of nitrogens with zero attached hydrogens (tertiary/aromatic N) is 1. The first-order valence-corrected chi connectivity index (χ1v) is 14.0.